The summed E-state index contributed by atoms with van der Waals surface area (Å²) >= 11 is 0. The maximum absolute atomic E-state index is 9.72. The van der Waals surface area contributed by atoms with E-state index in [9.17, 15) is 5.11 Å². The molecule has 0 aromatic heterocycles. The van der Waals surface area contributed by atoms with Crippen molar-refractivity contribution in [2.24, 2.45) is 0 Å². The van der Waals surface area contributed by atoms with Crippen LogP contribution in [-0.2, 0) is 0 Å². The fraction of sp³-hybridized carbons (Fsp3) is 1.00. The average Bonchev–Trinajstić information content (AvgIpc) is 2.14. The molecule has 1 N–H and O–H groups in total. The van der Waals surface area contributed by atoms with Crippen LogP contribution < -0.4 is 0 Å². The van der Waals surface area contributed by atoms with Crippen LogP contribution in [0.2, 0.25) is 0 Å². The van der Waals surface area contributed by atoms with Gasteiger partial charge in [-0.1, -0.05) is 6.42 Å². The van der Waals surface area contributed by atoms with E-state index in [0.29, 0.717) is 0 Å². The molecule has 0 aromatic carbocycles. The molecule has 0 bridgehead atoms. The van der Waals surface area contributed by atoms with Gasteiger partial charge in [0.1, 0.15) is 0 Å². The molecule has 1 saturated heterocycles. The monoisotopic (exact) mass is 228 g/mol. The van der Waals surface area contributed by atoms with E-state index in [2.05, 4.69) is 23.9 Å². The Balaban J connectivity index is 2.22. The first-order valence-electron chi connectivity index (χ1n) is 6.49. The van der Waals surface area contributed by atoms with Crippen LogP contribution in [0.1, 0.15) is 39.5 Å². The van der Waals surface area contributed by atoms with Gasteiger partial charge in [0.15, 0.2) is 0 Å². The molecule has 1 rings (SSSR count). The fourth-order valence-corrected chi connectivity index (χ4v) is 2.62. The SMILES string of the molecule is CN(CCC1CCCCN1C)CC(C)(C)O. The van der Waals surface area contributed by atoms with E-state index in [1.54, 1.807) is 0 Å². The minimum absolute atomic E-state index is 0.576. The molecule has 0 aromatic rings. The molecule has 0 spiro atoms. The molecule has 1 fully saturated rings. The van der Waals surface area contributed by atoms with E-state index in [1.807, 2.05) is 13.8 Å². The molecule has 1 unspecified atom stereocenters. The predicted molar refractivity (Wildman–Crippen MR) is 68.7 cm³/mol. The zero-order valence-corrected chi connectivity index (χ0v) is 11.4. The zero-order valence-electron chi connectivity index (χ0n) is 11.4. The highest BCUT2D eigenvalue weighted by atomic mass is 16.3. The zero-order chi connectivity index (χ0) is 12.2. The first-order valence-corrected chi connectivity index (χ1v) is 6.49. The van der Waals surface area contributed by atoms with Gasteiger partial charge in [-0.15, -0.1) is 0 Å². The van der Waals surface area contributed by atoms with E-state index < -0.39 is 5.60 Å². The Morgan fingerprint density at radius 2 is 2.06 bits per heavy atom. The Hall–Kier alpha value is -0.120. The summed E-state index contributed by atoms with van der Waals surface area (Å²) in [6, 6.07) is 0.748. The van der Waals surface area contributed by atoms with E-state index in [1.165, 1.54) is 32.2 Å². The molecule has 3 heteroatoms. The van der Waals surface area contributed by atoms with E-state index in [0.717, 1.165) is 19.1 Å². The lowest BCUT2D eigenvalue weighted by Gasteiger charge is -2.34. The van der Waals surface area contributed by atoms with Crippen molar-refractivity contribution in [1.82, 2.24) is 9.80 Å². The first kappa shape index (κ1) is 13.9. The van der Waals surface area contributed by atoms with Crippen molar-refractivity contribution in [2.75, 3.05) is 33.7 Å². The molecule has 1 aliphatic heterocycles. The summed E-state index contributed by atoms with van der Waals surface area (Å²) in [5, 5.41) is 9.72. The van der Waals surface area contributed by atoms with Crippen molar-refractivity contribution in [3.8, 4) is 0 Å². The predicted octanol–water partition coefficient (Wildman–Crippen LogP) is 1.56. The Bertz CT molecular complexity index is 201. The fourth-order valence-electron chi connectivity index (χ4n) is 2.62. The van der Waals surface area contributed by atoms with Crippen molar-refractivity contribution in [3.05, 3.63) is 0 Å². The summed E-state index contributed by atoms with van der Waals surface area (Å²) < 4.78 is 0. The van der Waals surface area contributed by atoms with Crippen molar-refractivity contribution in [1.29, 1.82) is 0 Å². The summed E-state index contributed by atoms with van der Waals surface area (Å²) in [6.45, 7) is 6.83. The summed E-state index contributed by atoms with van der Waals surface area (Å²) in [4.78, 5) is 4.73. The van der Waals surface area contributed by atoms with E-state index in [-0.39, 0.29) is 0 Å². The molecule has 96 valence electrons. The molecular formula is C13H28N2O. The van der Waals surface area contributed by atoms with Crippen molar-refractivity contribution in [2.45, 2.75) is 51.2 Å². The number of hydrogen-bond acceptors (Lipinski definition) is 3. The Morgan fingerprint density at radius 3 is 2.62 bits per heavy atom. The van der Waals surface area contributed by atoms with Gasteiger partial charge in [-0.3, -0.25) is 0 Å². The van der Waals surface area contributed by atoms with Crippen molar-refractivity contribution in [3.63, 3.8) is 0 Å². The molecule has 1 atom stereocenters. The first-order chi connectivity index (χ1) is 7.38. The van der Waals surface area contributed by atoms with Gasteiger partial charge in [-0.05, 0) is 60.3 Å². The highest BCUT2D eigenvalue weighted by Gasteiger charge is 2.20. The van der Waals surface area contributed by atoms with Gasteiger partial charge < -0.3 is 14.9 Å². The smallest absolute Gasteiger partial charge is 0.0718 e. The van der Waals surface area contributed by atoms with Gasteiger partial charge in [0, 0.05) is 12.6 Å². The van der Waals surface area contributed by atoms with Crippen LogP contribution in [-0.4, -0.2) is 60.3 Å². The lowest BCUT2D eigenvalue weighted by atomic mass is 10.00. The third-order valence-corrected chi connectivity index (χ3v) is 3.42. The number of likely N-dealkylation sites (N-methyl/N-ethyl adjacent to an activating group) is 1. The van der Waals surface area contributed by atoms with Crippen LogP contribution in [0.25, 0.3) is 0 Å². The van der Waals surface area contributed by atoms with Gasteiger partial charge in [0.25, 0.3) is 0 Å². The number of piperidine rings is 1. The van der Waals surface area contributed by atoms with Gasteiger partial charge in [-0.25, -0.2) is 0 Å². The van der Waals surface area contributed by atoms with Gasteiger partial charge in [0.2, 0.25) is 0 Å². The molecule has 0 amide bonds. The van der Waals surface area contributed by atoms with Crippen LogP contribution in [0.5, 0.6) is 0 Å². The topological polar surface area (TPSA) is 26.7 Å². The Labute approximate surface area is 100 Å². The van der Waals surface area contributed by atoms with Gasteiger partial charge in [-0.2, -0.15) is 0 Å². The number of aliphatic hydroxyl groups is 1. The van der Waals surface area contributed by atoms with E-state index >= 15 is 0 Å². The Morgan fingerprint density at radius 1 is 1.38 bits per heavy atom. The molecule has 0 aliphatic carbocycles. The molecule has 3 nitrogen and oxygen atoms in total. The lowest BCUT2D eigenvalue weighted by molar-refractivity contribution is 0.0409. The van der Waals surface area contributed by atoms with Crippen LogP contribution in [0, 0.1) is 0 Å². The van der Waals surface area contributed by atoms with Crippen LogP contribution in [0.4, 0.5) is 0 Å². The standard InChI is InChI=1S/C13H28N2O/c1-13(2,16)11-14(3)10-8-12-7-5-6-9-15(12)4/h12,16H,5-11H2,1-4H3. The third kappa shape index (κ3) is 5.28. The highest BCUT2D eigenvalue weighted by Crippen LogP contribution is 2.18. The second-order valence-electron chi connectivity index (χ2n) is 5.97. The highest BCUT2D eigenvalue weighted by molar-refractivity contribution is 4.76. The molecular weight excluding hydrogens is 200 g/mol. The lowest BCUT2D eigenvalue weighted by Crippen LogP contribution is -2.41. The van der Waals surface area contributed by atoms with Crippen LogP contribution in [0.15, 0.2) is 0 Å². The number of nitrogens with zero attached hydrogens (tertiary/aromatic N) is 2. The van der Waals surface area contributed by atoms with Crippen molar-refractivity contribution < 1.29 is 5.11 Å². The maximum atomic E-state index is 9.72. The van der Waals surface area contributed by atoms with Crippen LogP contribution >= 0.6 is 0 Å². The number of hydrogen-bond donors (Lipinski definition) is 1. The normalized spacial score (nSPS) is 24.0. The average molecular weight is 228 g/mol. The van der Waals surface area contributed by atoms with E-state index in [4.69, 9.17) is 0 Å². The molecule has 16 heavy (non-hydrogen) atoms. The number of likely N-dealkylation sites (tertiary alicyclic amines) is 1. The summed E-state index contributed by atoms with van der Waals surface area (Å²) in [5.74, 6) is 0. The largest absolute Gasteiger partial charge is 0.389 e. The Kier molecular flexibility index (Phi) is 5.22. The molecule has 0 saturated carbocycles. The minimum Gasteiger partial charge on any atom is -0.389 e. The third-order valence-electron chi connectivity index (χ3n) is 3.42. The number of rotatable bonds is 5. The molecule has 1 aliphatic rings. The van der Waals surface area contributed by atoms with Crippen molar-refractivity contribution >= 4 is 0 Å². The summed E-state index contributed by atoms with van der Waals surface area (Å²) in [7, 11) is 4.33. The van der Waals surface area contributed by atoms with Gasteiger partial charge in [0.05, 0.1) is 5.60 Å². The van der Waals surface area contributed by atoms with Crippen LogP contribution in [0.3, 0.4) is 0 Å². The summed E-state index contributed by atoms with van der Waals surface area (Å²) in [5.41, 5.74) is -0.576. The second kappa shape index (κ2) is 5.99. The summed E-state index contributed by atoms with van der Waals surface area (Å²) in [6.07, 6.45) is 5.30. The quantitative estimate of drug-likeness (QED) is 0.773. The van der Waals surface area contributed by atoms with Gasteiger partial charge >= 0.3 is 0 Å². The molecule has 1 heterocycles. The molecule has 0 radical (unpaired) electrons. The second-order valence-corrected chi connectivity index (χ2v) is 5.97. The maximum Gasteiger partial charge on any atom is 0.0718 e. The minimum atomic E-state index is -0.576.